The fraction of sp³-hybridized carbons (Fsp3) is 0.143. The van der Waals surface area contributed by atoms with E-state index in [9.17, 15) is 5.11 Å². The maximum absolute atomic E-state index is 10.0. The van der Waals surface area contributed by atoms with Gasteiger partial charge in [0.1, 0.15) is 5.75 Å². The van der Waals surface area contributed by atoms with E-state index in [1.54, 1.807) is 6.07 Å². The van der Waals surface area contributed by atoms with Gasteiger partial charge in [0, 0.05) is 20.2 Å². The van der Waals surface area contributed by atoms with Crippen LogP contribution in [0.4, 0.5) is 5.69 Å². The van der Waals surface area contributed by atoms with Crippen LogP contribution in [0.5, 0.6) is 5.75 Å². The van der Waals surface area contributed by atoms with Crippen LogP contribution in [-0.4, -0.2) is 5.11 Å². The van der Waals surface area contributed by atoms with Crippen molar-refractivity contribution in [3.63, 3.8) is 0 Å². The Bertz CT molecular complexity index is 613. The summed E-state index contributed by atoms with van der Waals surface area (Å²) in [5.41, 5.74) is 3.35. The first-order valence-corrected chi connectivity index (χ1v) is 7.25. The molecule has 0 aliphatic carbocycles. The van der Waals surface area contributed by atoms with Gasteiger partial charge < -0.3 is 10.4 Å². The average Bonchev–Trinajstić information content (AvgIpc) is 2.71. The molecule has 2 nitrogen and oxygen atoms in total. The molecule has 18 heavy (non-hydrogen) atoms. The molecule has 2 N–H and O–H groups in total. The topological polar surface area (TPSA) is 32.3 Å². The van der Waals surface area contributed by atoms with Crippen LogP contribution in [-0.2, 0) is 6.42 Å². The van der Waals surface area contributed by atoms with Gasteiger partial charge in [0.25, 0.3) is 0 Å². The van der Waals surface area contributed by atoms with E-state index in [1.165, 1.54) is 5.56 Å². The van der Waals surface area contributed by atoms with Crippen molar-refractivity contribution in [2.24, 2.45) is 0 Å². The minimum Gasteiger partial charge on any atom is -0.508 e. The van der Waals surface area contributed by atoms with E-state index in [-0.39, 0.29) is 6.04 Å². The number of hydrogen-bond donors (Lipinski definition) is 2. The third kappa shape index (κ3) is 2.15. The maximum atomic E-state index is 10.0. The summed E-state index contributed by atoms with van der Waals surface area (Å²) in [6.07, 6.45) is 0.893. The molecular formula is C14H11Br2NO. The van der Waals surface area contributed by atoms with E-state index in [2.05, 4.69) is 49.3 Å². The lowest BCUT2D eigenvalue weighted by Crippen LogP contribution is -2.05. The van der Waals surface area contributed by atoms with Gasteiger partial charge in [0.15, 0.2) is 0 Å². The van der Waals surface area contributed by atoms with Gasteiger partial charge in [-0.1, -0.05) is 37.9 Å². The Balaban J connectivity index is 1.93. The zero-order valence-corrected chi connectivity index (χ0v) is 12.6. The van der Waals surface area contributed by atoms with E-state index in [1.807, 2.05) is 18.2 Å². The van der Waals surface area contributed by atoms with Gasteiger partial charge in [-0.25, -0.2) is 0 Å². The van der Waals surface area contributed by atoms with Crippen molar-refractivity contribution >= 4 is 37.5 Å². The van der Waals surface area contributed by atoms with E-state index < -0.39 is 0 Å². The third-order valence-electron chi connectivity index (χ3n) is 3.19. The quantitative estimate of drug-likeness (QED) is 0.769. The van der Waals surface area contributed by atoms with E-state index in [0.29, 0.717) is 5.75 Å². The summed E-state index contributed by atoms with van der Waals surface area (Å²) in [4.78, 5) is 0. The molecule has 92 valence electrons. The second-order valence-electron chi connectivity index (χ2n) is 4.41. The molecule has 0 fully saturated rings. The molecule has 2 aromatic carbocycles. The monoisotopic (exact) mass is 367 g/mol. The molecule has 0 aromatic heterocycles. The fourth-order valence-corrected chi connectivity index (χ4v) is 3.09. The summed E-state index contributed by atoms with van der Waals surface area (Å²) < 4.78 is 1.98. The second-order valence-corrected chi connectivity index (χ2v) is 6.24. The number of anilines is 1. The molecule has 1 aliphatic rings. The fourth-order valence-electron chi connectivity index (χ4n) is 2.33. The van der Waals surface area contributed by atoms with Crippen LogP contribution in [0.1, 0.15) is 17.2 Å². The number of phenols is 1. The number of nitrogens with one attached hydrogen (secondary N) is 1. The number of halogens is 2. The van der Waals surface area contributed by atoms with Crippen LogP contribution in [0.25, 0.3) is 0 Å². The van der Waals surface area contributed by atoms with Gasteiger partial charge in [-0.15, -0.1) is 0 Å². The first-order valence-electron chi connectivity index (χ1n) is 5.67. The van der Waals surface area contributed by atoms with E-state index in [4.69, 9.17) is 0 Å². The molecule has 0 bridgehead atoms. The number of phenolic OH excluding ortho intramolecular Hbond substituents is 1. The minimum absolute atomic E-state index is 0.141. The summed E-state index contributed by atoms with van der Waals surface area (Å²) in [6, 6.07) is 12.0. The number of aromatic hydroxyl groups is 1. The predicted molar refractivity (Wildman–Crippen MR) is 80.0 cm³/mol. The highest BCUT2D eigenvalue weighted by molar-refractivity contribution is 9.10. The molecule has 1 atom stereocenters. The van der Waals surface area contributed by atoms with E-state index >= 15 is 0 Å². The summed E-state index contributed by atoms with van der Waals surface area (Å²) in [5, 5.41) is 13.4. The van der Waals surface area contributed by atoms with Crippen molar-refractivity contribution in [1.82, 2.24) is 0 Å². The summed E-state index contributed by atoms with van der Waals surface area (Å²) in [7, 11) is 0. The van der Waals surface area contributed by atoms with Crippen molar-refractivity contribution in [1.29, 1.82) is 0 Å². The lowest BCUT2D eigenvalue weighted by Gasteiger charge is -2.13. The largest absolute Gasteiger partial charge is 0.508 e. The van der Waals surface area contributed by atoms with Gasteiger partial charge in [0.2, 0.25) is 0 Å². The lowest BCUT2D eigenvalue weighted by atomic mass is 10.0. The Morgan fingerprint density at radius 1 is 1.06 bits per heavy atom. The van der Waals surface area contributed by atoms with Crippen molar-refractivity contribution < 1.29 is 5.11 Å². The Hall–Kier alpha value is -1.00. The lowest BCUT2D eigenvalue weighted by molar-refractivity contribution is 0.464. The van der Waals surface area contributed by atoms with Crippen molar-refractivity contribution in [3.8, 4) is 5.75 Å². The Morgan fingerprint density at radius 2 is 1.78 bits per heavy atom. The molecule has 3 rings (SSSR count). The SMILES string of the molecule is Oc1cc(Br)ccc1[C@H]1Cc2cc(Br)ccc2N1. The number of rotatable bonds is 1. The highest BCUT2D eigenvalue weighted by Crippen LogP contribution is 2.39. The van der Waals surface area contributed by atoms with E-state index in [0.717, 1.165) is 26.6 Å². The highest BCUT2D eigenvalue weighted by Gasteiger charge is 2.24. The molecule has 1 heterocycles. The molecule has 0 radical (unpaired) electrons. The smallest absolute Gasteiger partial charge is 0.121 e. The minimum atomic E-state index is 0.141. The zero-order valence-electron chi connectivity index (χ0n) is 9.45. The van der Waals surface area contributed by atoms with Crippen LogP contribution in [0.2, 0.25) is 0 Å². The van der Waals surface area contributed by atoms with Gasteiger partial charge in [-0.05, 0) is 42.3 Å². The Labute approximate surface area is 122 Å². The maximum Gasteiger partial charge on any atom is 0.121 e. The predicted octanol–water partition coefficient (Wildman–Crippen LogP) is 4.63. The van der Waals surface area contributed by atoms with Crippen molar-refractivity contribution in [2.45, 2.75) is 12.5 Å². The molecule has 0 amide bonds. The zero-order chi connectivity index (χ0) is 12.7. The third-order valence-corrected chi connectivity index (χ3v) is 4.18. The molecule has 0 saturated carbocycles. The standard InChI is InChI=1S/C14H11Br2NO/c15-9-2-4-12-8(5-9)6-13(17-12)11-3-1-10(16)7-14(11)18/h1-5,7,13,17-18H,6H2/t13-/m1/s1. The van der Waals surface area contributed by atoms with Crippen molar-refractivity contribution in [2.75, 3.05) is 5.32 Å². The van der Waals surface area contributed by atoms with Crippen LogP contribution in [0, 0.1) is 0 Å². The second kappa shape index (κ2) is 4.59. The Morgan fingerprint density at radius 3 is 2.56 bits per heavy atom. The van der Waals surface area contributed by atoms with Gasteiger partial charge in [-0.3, -0.25) is 0 Å². The summed E-state index contributed by atoms with van der Waals surface area (Å²) >= 11 is 6.84. The first-order chi connectivity index (χ1) is 8.63. The van der Waals surface area contributed by atoms with Crippen LogP contribution >= 0.6 is 31.9 Å². The first kappa shape index (κ1) is 12.1. The molecule has 1 aliphatic heterocycles. The van der Waals surface area contributed by atoms with Gasteiger partial charge >= 0.3 is 0 Å². The molecule has 0 unspecified atom stereocenters. The highest BCUT2D eigenvalue weighted by atomic mass is 79.9. The van der Waals surface area contributed by atoms with Gasteiger partial charge in [-0.2, -0.15) is 0 Å². The number of hydrogen-bond acceptors (Lipinski definition) is 2. The Kier molecular flexibility index (Phi) is 3.08. The van der Waals surface area contributed by atoms with Crippen LogP contribution in [0.3, 0.4) is 0 Å². The average molecular weight is 369 g/mol. The van der Waals surface area contributed by atoms with Gasteiger partial charge in [0.05, 0.1) is 6.04 Å². The normalized spacial score (nSPS) is 17.3. The molecule has 0 spiro atoms. The number of fused-ring (bicyclic) bond motifs is 1. The number of benzene rings is 2. The molecule has 0 saturated heterocycles. The molecular weight excluding hydrogens is 358 g/mol. The van der Waals surface area contributed by atoms with Crippen LogP contribution < -0.4 is 5.32 Å². The molecule has 4 heteroatoms. The van der Waals surface area contributed by atoms with Crippen LogP contribution in [0.15, 0.2) is 45.3 Å². The molecule has 2 aromatic rings. The summed E-state index contributed by atoms with van der Waals surface area (Å²) in [5.74, 6) is 0.328. The summed E-state index contributed by atoms with van der Waals surface area (Å²) in [6.45, 7) is 0. The van der Waals surface area contributed by atoms with Crippen molar-refractivity contribution in [3.05, 3.63) is 56.5 Å².